The normalized spacial score (nSPS) is 10.4. The summed E-state index contributed by atoms with van der Waals surface area (Å²) in [6, 6.07) is 7.40. The second kappa shape index (κ2) is 4.45. The summed E-state index contributed by atoms with van der Waals surface area (Å²) >= 11 is 5.99. The smallest absolute Gasteiger partial charge is 0.303 e. The Labute approximate surface area is 97.2 Å². The summed E-state index contributed by atoms with van der Waals surface area (Å²) in [5.74, 6) is 0.0341. The average molecular weight is 237 g/mol. The molecule has 0 unspecified atom stereocenters. The Morgan fingerprint density at radius 1 is 1.38 bits per heavy atom. The van der Waals surface area contributed by atoms with Gasteiger partial charge in [0.15, 0.2) is 12.4 Å². The number of esters is 1. The molecule has 0 amide bonds. The second-order valence-corrected chi connectivity index (χ2v) is 3.59. The molecule has 0 radical (unpaired) electrons. The first-order chi connectivity index (χ1) is 7.66. The van der Waals surface area contributed by atoms with Crippen molar-refractivity contribution in [1.82, 2.24) is 9.97 Å². The molecule has 82 valence electrons. The summed E-state index contributed by atoms with van der Waals surface area (Å²) in [5, 5.41) is 1.16. The topological polar surface area (TPSA) is 52.1 Å². The van der Waals surface area contributed by atoms with E-state index in [4.69, 9.17) is 16.3 Å². The predicted molar refractivity (Wildman–Crippen MR) is 60.0 cm³/mol. The number of para-hydroxylation sites is 1. The van der Waals surface area contributed by atoms with Crippen LogP contribution in [-0.4, -0.2) is 15.9 Å². The van der Waals surface area contributed by atoms with E-state index < -0.39 is 0 Å². The van der Waals surface area contributed by atoms with Crippen molar-refractivity contribution in [3.8, 4) is 0 Å². The van der Waals surface area contributed by atoms with E-state index >= 15 is 0 Å². The van der Waals surface area contributed by atoms with E-state index in [2.05, 4.69) is 9.97 Å². The van der Waals surface area contributed by atoms with Crippen LogP contribution < -0.4 is 0 Å². The Morgan fingerprint density at radius 2 is 2.12 bits per heavy atom. The molecule has 2 aromatic rings. The van der Waals surface area contributed by atoms with Crippen molar-refractivity contribution in [2.75, 3.05) is 0 Å². The van der Waals surface area contributed by atoms with Crippen LogP contribution in [0, 0.1) is 0 Å². The van der Waals surface area contributed by atoms with Gasteiger partial charge in [-0.05, 0) is 12.1 Å². The van der Waals surface area contributed by atoms with Crippen LogP contribution in [0.1, 0.15) is 12.7 Å². The standard InChI is InChI=1S/C11H9ClN2O2/c1-7(15)16-6-10-13-9-5-3-2-4-8(9)11(12)14-10/h2-5H,6H2,1H3. The lowest BCUT2D eigenvalue weighted by atomic mass is 10.2. The van der Waals surface area contributed by atoms with Crippen LogP contribution in [0.3, 0.4) is 0 Å². The largest absolute Gasteiger partial charge is 0.458 e. The van der Waals surface area contributed by atoms with Gasteiger partial charge in [-0.3, -0.25) is 4.79 Å². The molecule has 4 nitrogen and oxygen atoms in total. The van der Waals surface area contributed by atoms with Crippen molar-refractivity contribution in [3.63, 3.8) is 0 Å². The fraction of sp³-hybridized carbons (Fsp3) is 0.182. The summed E-state index contributed by atoms with van der Waals surface area (Å²) in [6.07, 6.45) is 0. The van der Waals surface area contributed by atoms with Gasteiger partial charge in [-0.15, -0.1) is 0 Å². The highest BCUT2D eigenvalue weighted by molar-refractivity contribution is 6.34. The number of carbonyl (C=O) groups is 1. The van der Waals surface area contributed by atoms with Crippen LogP contribution in [0.4, 0.5) is 0 Å². The number of aromatic nitrogens is 2. The minimum Gasteiger partial charge on any atom is -0.458 e. The Kier molecular flexibility index (Phi) is 3.01. The third kappa shape index (κ3) is 2.28. The lowest BCUT2D eigenvalue weighted by Gasteiger charge is -2.04. The number of benzene rings is 1. The number of ether oxygens (including phenoxy) is 1. The summed E-state index contributed by atoms with van der Waals surface area (Å²) in [5.41, 5.74) is 0.740. The van der Waals surface area contributed by atoms with Gasteiger partial charge < -0.3 is 4.74 Å². The van der Waals surface area contributed by atoms with E-state index in [1.165, 1.54) is 6.92 Å². The van der Waals surface area contributed by atoms with Crippen molar-refractivity contribution in [2.24, 2.45) is 0 Å². The maximum absolute atomic E-state index is 10.7. The molecule has 5 heteroatoms. The van der Waals surface area contributed by atoms with Gasteiger partial charge >= 0.3 is 5.97 Å². The SMILES string of the molecule is CC(=O)OCc1nc(Cl)c2ccccc2n1. The molecular formula is C11H9ClN2O2. The van der Waals surface area contributed by atoms with Gasteiger partial charge in [0.25, 0.3) is 0 Å². The molecule has 0 fully saturated rings. The van der Waals surface area contributed by atoms with E-state index in [-0.39, 0.29) is 12.6 Å². The number of rotatable bonds is 2. The van der Waals surface area contributed by atoms with Crippen molar-refractivity contribution in [3.05, 3.63) is 35.2 Å². The van der Waals surface area contributed by atoms with E-state index in [9.17, 15) is 4.79 Å². The molecule has 0 atom stereocenters. The molecule has 2 rings (SSSR count). The maximum atomic E-state index is 10.7. The molecule has 1 aromatic carbocycles. The highest BCUT2D eigenvalue weighted by atomic mass is 35.5. The zero-order chi connectivity index (χ0) is 11.5. The van der Waals surface area contributed by atoms with E-state index in [0.717, 1.165) is 10.9 Å². The van der Waals surface area contributed by atoms with Crippen LogP contribution in [0.25, 0.3) is 10.9 Å². The molecule has 1 aromatic heterocycles. The summed E-state index contributed by atoms with van der Waals surface area (Å²) in [7, 11) is 0. The van der Waals surface area contributed by atoms with Crippen LogP contribution in [0.5, 0.6) is 0 Å². The number of halogens is 1. The van der Waals surface area contributed by atoms with Crippen LogP contribution in [0.2, 0.25) is 5.15 Å². The van der Waals surface area contributed by atoms with Gasteiger partial charge in [-0.1, -0.05) is 23.7 Å². The number of hydrogen-bond donors (Lipinski definition) is 0. The van der Waals surface area contributed by atoms with Crippen LogP contribution >= 0.6 is 11.6 Å². The van der Waals surface area contributed by atoms with Gasteiger partial charge in [0.05, 0.1) is 5.52 Å². The fourth-order valence-electron chi connectivity index (χ4n) is 1.31. The van der Waals surface area contributed by atoms with Crippen molar-refractivity contribution in [1.29, 1.82) is 0 Å². The zero-order valence-corrected chi connectivity index (χ0v) is 9.36. The molecule has 1 heterocycles. The van der Waals surface area contributed by atoms with Gasteiger partial charge in [0.2, 0.25) is 0 Å². The molecule has 0 aliphatic rings. The maximum Gasteiger partial charge on any atom is 0.303 e. The van der Waals surface area contributed by atoms with Gasteiger partial charge in [-0.2, -0.15) is 0 Å². The monoisotopic (exact) mass is 236 g/mol. The molecular weight excluding hydrogens is 228 g/mol. The number of fused-ring (bicyclic) bond motifs is 1. The Bertz CT molecular complexity index is 542. The first-order valence-corrected chi connectivity index (χ1v) is 5.09. The second-order valence-electron chi connectivity index (χ2n) is 3.23. The average Bonchev–Trinajstić information content (AvgIpc) is 2.26. The predicted octanol–water partition coefficient (Wildman–Crippen LogP) is 2.35. The highest BCUT2D eigenvalue weighted by Gasteiger charge is 2.06. The molecule has 0 aliphatic carbocycles. The van der Waals surface area contributed by atoms with E-state index in [1.54, 1.807) is 0 Å². The lowest BCUT2D eigenvalue weighted by molar-refractivity contribution is -0.142. The Morgan fingerprint density at radius 3 is 2.88 bits per heavy atom. The van der Waals surface area contributed by atoms with E-state index in [0.29, 0.717) is 11.0 Å². The number of nitrogens with zero attached hydrogens (tertiary/aromatic N) is 2. The molecule has 0 saturated heterocycles. The van der Waals surface area contributed by atoms with Gasteiger partial charge in [-0.25, -0.2) is 9.97 Å². The first kappa shape index (κ1) is 10.8. The Hall–Kier alpha value is -1.68. The van der Waals surface area contributed by atoms with Gasteiger partial charge in [0, 0.05) is 12.3 Å². The summed E-state index contributed by atoms with van der Waals surface area (Å²) in [6.45, 7) is 1.38. The quantitative estimate of drug-likeness (QED) is 0.593. The summed E-state index contributed by atoms with van der Waals surface area (Å²) < 4.78 is 4.81. The number of carbonyl (C=O) groups excluding carboxylic acids is 1. The van der Waals surface area contributed by atoms with Crippen molar-refractivity contribution >= 4 is 28.5 Å². The minimum absolute atomic E-state index is 0.0416. The Balaban J connectivity index is 2.38. The van der Waals surface area contributed by atoms with Crippen LogP contribution in [-0.2, 0) is 16.1 Å². The highest BCUT2D eigenvalue weighted by Crippen LogP contribution is 2.19. The molecule has 16 heavy (non-hydrogen) atoms. The third-order valence-electron chi connectivity index (χ3n) is 2.01. The third-order valence-corrected chi connectivity index (χ3v) is 2.30. The lowest BCUT2D eigenvalue weighted by Crippen LogP contribution is -2.03. The fourth-order valence-corrected chi connectivity index (χ4v) is 1.57. The molecule has 0 bridgehead atoms. The van der Waals surface area contributed by atoms with E-state index in [1.807, 2.05) is 24.3 Å². The molecule has 0 aliphatic heterocycles. The zero-order valence-electron chi connectivity index (χ0n) is 8.61. The van der Waals surface area contributed by atoms with Crippen LogP contribution in [0.15, 0.2) is 24.3 Å². The van der Waals surface area contributed by atoms with Gasteiger partial charge in [0.1, 0.15) is 5.15 Å². The minimum atomic E-state index is -0.368. The van der Waals surface area contributed by atoms with Crippen molar-refractivity contribution < 1.29 is 9.53 Å². The molecule has 0 saturated carbocycles. The number of hydrogen-bond acceptors (Lipinski definition) is 4. The summed E-state index contributed by atoms with van der Waals surface area (Å²) in [4.78, 5) is 18.9. The molecule has 0 spiro atoms. The first-order valence-electron chi connectivity index (χ1n) is 4.71. The molecule has 0 N–H and O–H groups in total. The van der Waals surface area contributed by atoms with Crippen molar-refractivity contribution in [2.45, 2.75) is 13.5 Å².